The lowest BCUT2D eigenvalue weighted by Gasteiger charge is -2.21. The maximum atomic E-state index is 10.1. The maximum absolute atomic E-state index is 10.1. The van der Waals surface area contributed by atoms with E-state index in [1.54, 1.807) is 13.1 Å². The maximum Gasteiger partial charge on any atom is 0.330 e. The van der Waals surface area contributed by atoms with Gasteiger partial charge in [-0.3, -0.25) is 4.99 Å². The summed E-state index contributed by atoms with van der Waals surface area (Å²) in [6.07, 6.45) is 6.89. The van der Waals surface area contributed by atoms with Crippen LogP contribution < -0.4 is 0 Å². The van der Waals surface area contributed by atoms with E-state index in [4.69, 9.17) is 4.74 Å². The highest BCUT2D eigenvalue weighted by Gasteiger charge is 2.30. The minimum atomic E-state index is -0.657. The highest BCUT2D eigenvalue weighted by Crippen LogP contribution is 2.27. The molecule has 23 heavy (non-hydrogen) atoms. The van der Waals surface area contributed by atoms with E-state index in [1.165, 1.54) is 0 Å². The van der Waals surface area contributed by atoms with Gasteiger partial charge in [-0.25, -0.2) is 4.79 Å². The molecule has 0 N–H and O–H groups in total. The Morgan fingerprint density at radius 1 is 1.43 bits per heavy atom. The summed E-state index contributed by atoms with van der Waals surface area (Å²) in [5.41, 5.74) is 1.37. The Bertz CT molecular complexity index is 590. The summed E-state index contributed by atoms with van der Waals surface area (Å²) in [6, 6.07) is 10.1. The van der Waals surface area contributed by atoms with Gasteiger partial charge in [0.05, 0.1) is 13.2 Å². The van der Waals surface area contributed by atoms with Crippen LogP contribution in [0.15, 0.2) is 66.2 Å². The van der Waals surface area contributed by atoms with Gasteiger partial charge in [0.1, 0.15) is 0 Å². The molecule has 1 aromatic carbocycles. The molecule has 0 fully saturated rings. The summed E-state index contributed by atoms with van der Waals surface area (Å²) in [6.45, 7) is 11.8. The van der Waals surface area contributed by atoms with Crippen LogP contribution in [0.5, 0.6) is 0 Å². The van der Waals surface area contributed by atoms with Gasteiger partial charge in [0.15, 0.2) is 5.72 Å². The monoisotopic (exact) mass is 313 g/mol. The van der Waals surface area contributed by atoms with E-state index in [1.807, 2.05) is 49.4 Å². The SMILES string of the molecule is C=C(C)C1(C=Cc2ccccc2)N=CCO1.C=CC(=O)OCC. The van der Waals surface area contributed by atoms with Gasteiger partial charge in [-0.05, 0) is 31.1 Å². The van der Waals surface area contributed by atoms with Crippen molar-refractivity contribution in [3.8, 4) is 0 Å². The molecule has 0 radical (unpaired) electrons. The molecule has 1 aliphatic rings. The van der Waals surface area contributed by atoms with Crippen LogP contribution in [0.25, 0.3) is 6.08 Å². The van der Waals surface area contributed by atoms with E-state index in [9.17, 15) is 4.79 Å². The number of hydrogen-bond donors (Lipinski definition) is 0. The van der Waals surface area contributed by atoms with Gasteiger partial charge in [-0.1, -0.05) is 49.6 Å². The summed E-state index contributed by atoms with van der Waals surface area (Å²) in [5, 5.41) is 0. The molecular formula is C19H23NO3. The normalized spacial score (nSPS) is 19.0. The van der Waals surface area contributed by atoms with Crippen LogP contribution in [0.2, 0.25) is 0 Å². The number of benzene rings is 1. The summed E-state index contributed by atoms with van der Waals surface area (Å²) in [7, 11) is 0. The fourth-order valence-electron chi connectivity index (χ4n) is 1.82. The third-order valence-electron chi connectivity index (χ3n) is 3.03. The standard InChI is InChI=1S/C14H15NO.C5H8O2/c1-12(2)14(15-10-11-16-14)9-8-13-6-4-3-5-7-13;1-3-5(6)7-4-2/h3-10H,1,11H2,2H3;3H,1,4H2,2H3. The Morgan fingerprint density at radius 3 is 2.57 bits per heavy atom. The Labute approximate surface area is 137 Å². The molecule has 0 amide bonds. The Balaban J connectivity index is 0.000000322. The number of aliphatic imine (C=N–C) groups is 1. The molecular weight excluding hydrogens is 290 g/mol. The Hall–Kier alpha value is -2.46. The molecule has 4 nitrogen and oxygen atoms in total. The molecule has 1 aliphatic heterocycles. The van der Waals surface area contributed by atoms with Crippen molar-refractivity contribution in [2.24, 2.45) is 4.99 Å². The molecule has 1 atom stereocenters. The van der Waals surface area contributed by atoms with Crippen molar-refractivity contribution >= 4 is 18.3 Å². The quantitative estimate of drug-likeness (QED) is 0.472. The summed E-state index contributed by atoms with van der Waals surface area (Å²) < 4.78 is 10.0. The topological polar surface area (TPSA) is 47.9 Å². The molecule has 122 valence electrons. The van der Waals surface area contributed by atoms with E-state index in [0.29, 0.717) is 13.2 Å². The van der Waals surface area contributed by atoms with Gasteiger partial charge >= 0.3 is 5.97 Å². The predicted molar refractivity (Wildman–Crippen MR) is 94.3 cm³/mol. The Kier molecular flexibility index (Phi) is 7.71. The van der Waals surface area contributed by atoms with E-state index >= 15 is 0 Å². The number of rotatable bonds is 5. The second kappa shape index (κ2) is 9.54. The number of carbonyl (C=O) groups is 1. The summed E-state index contributed by atoms with van der Waals surface area (Å²) in [5.74, 6) is -0.359. The average molecular weight is 313 g/mol. The lowest BCUT2D eigenvalue weighted by atomic mass is 10.1. The zero-order chi connectivity index (χ0) is 17.1. The highest BCUT2D eigenvalue weighted by molar-refractivity contribution is 5.81. The zero-order valence-corrected chi connectivity index (χ0v) is 13.7. The lowest BCUT2D eigenvalue weighted by Crippen LogP contribution is -2.24. The summed E-state index contributed by atoms with van der Waals surface area (Å²) >= 11 is 0. The lowest BCUT2D eigenvalue weighted by molar-refractivity contribution is -0.137. The molecule has 0 spiro atoms. The molecule has 0 saturated heterocycles. The molecule has 0 bridgehead atoms. The van der Waals surface area contributed by atoms with Crippen molar-refractivity contribution in [3.05, 3.63) is 66.8 Å². The molecule has 4 heteroatoms. The number of esters is 1. The predicted octanol–water partition coefficient (Wildman–Crippen LogP) is 3.81. The average Bonchev–Trinajstić information content (AvgIpc) is 3.05. The molecule has 2 rings (SSSR count). The van der Waals surface area contributed by atoms with Gasteiger partial charge in [-0.2, -0.15) is 0 Å². The van der Waals surface area contributed by atoms with Gasteiger partial charge in [0.2, 0.25) is 0 Å². The van der Waals surface area contributed by atoms with E-state index < -0.39 is 5.72 Å². The van der Waals surface area contributed by atoms with E-state index in [0.717, 1.165) is 17.2 Å². The van der Waals surface area contributed by atoms with Crippen molar-refractivity contribution in [1.82, 2.24) is 0 Å². The minimum Gasteiger partial charge on any atom is -0.463 e. The second-order valence-electron chi connectivity index (χ2n) is 4.80. The first-order valence-electron chi connectivity index (χ1n) is 7.41. The number of hydrogen-bond acceptors (Lipinski definition) is 4. The van der Waals surface area contributed by atoms with Crippen molar-refractivity contribution in [2.45, 2.75) is 19.6 Å². The number of nitrogens with zero attached hydrogens (tertiary/aromatic N) is 1. The first-order chi connectivity index (χ1) is 11.0. The fraction of sp³-hybridized carbons (Fsp3) is 0.263. The molecule has 1 heterocycles. The molecule has 0 aromatic heterocycles. The van der Waals surface area contributed by atoms with Crippen molar-refractivity contribution in [1.29, 1.82) is 0 Å². The van der Waals surface area contributed by atoms with Crippen LogP contribution in [-0.2, 0) is 14.3 Å². The molecule has 1 aromatic rings. The van der Waals surface area contributed by atoms with Gasteiger partial charge < -0.3 is 9.47 Å². The fourth-order valence-corrected chi connectivity index (χ4v) is 1.82. The van der Waals surface area contributed by atoms with Crippen LogP contribution >= 0.6 is 0 Å². The van der Waals surface area contributed by atoms with Crippen LogP contribution in [0, 0.1) is 0 Å². The first-order valence-corrected chi connectivity index (χ1v) is 7.41. The van der Waals surface area contributed by atoms with Gasteiger partial charge in [-0.15, -0.1) is 0 Å². The Morgan fingerprint density at radius 2 is 2.13 bits per heavy atom. The van der Waals surface area contributed by atoms with Gasteiger partial charge in [0.25, 0.3) is 0 Å². The highest BCUT2D eigenvalue weighted by atomic mass is 16.5. The second-order valence-corrected chi connectivity index (χ2v) is 4.80. The first kappa shape index (κ1) is 18.6. The van der Waals surface area contributed by atoms with Gasteiger partial charge in [0, 0.05) is 12.3 Å². The van der Waals surface area contributed by atoms with Crippen LogP contribution in [0.1, 0.15) is 19.4 Å². The van der Waals surface area contributed by atoms with Crippen molar-refractivity contribution in [2.75, 3.05) is 13.2 Å². The van der Waals surface area contributed by atoms with Crippen LogP contribution in [0.4, 0.5) is 0 Å². The molecule has 0 saturated carbocycles. The van der Waals surface area contributed by atoms with Crippen LogP contribution in [0.3, 0.4) is 0 Å². The third-order valence-corrected chi connectivity index (χ3v) is 3.03. The molecule has 1 unspecified atom stereocenters. The smallest absolute Gasteiger partial charge is 0.330 e. The molecule has 0 aliphatic carbocycles. The van der Waals surface area contributed by atoms with Crippen molar-refractivity contribution in [3.63, 3.8) is 0 Å². The number of ether oxygens (including phenoxy) is 2. The minimum absolute atomic E-state index is 0.359. The third kappa shape index (κ3) is 6.04. The van der Waals surface area contributed by atoms with E-state index in [-0.39, 0.29) is 5.97 Å². The largest absolute Gasteiger partial charge is 0.463 e. The number of carbonyl (C=O) groups excluding carboxylic acids is 1. The van der Waals surface area contributed by atoms with Crippen molar-refractivity contribution < 1.29 is 14.3 Å². The van der Waals surface area contributed by atoms with Crippen LogP contribution in [-0.4, -0.2) is 31.1 Å². The zero-order valence-electron chi connectivity index (χ0n) is 13.7. The summed E-state index contributed by atoms with van der Waals surface area (Å²) in [4.78, 5) is 14.4. The van der Waals surface area contributed by atoms with E-state index in [2.05, 4.69) is 22.9 Å².